The van der Waals surface area contributed by atoms with E-state index >= 15 is 0 Å². The normalized spacial score (nSPS) is 17.8. The Labute approximate surface area is 117 Å². The van der Waals surface area contributed by atoms with E-state index < -0.39 is 0 Å². The first-order chi connectivity index (χ1) is 9.28. The summed E-state index contributed by atoms with van der Waals surface area (Å²) in [6.07, 6.45) is 7.82. The molecule has 0 unspecified atom stereocenters. The molecule has 2 rings (SSSR count). The third kappa shape index (κ3) is 4.92. The number of pyridine rings is 1. The Morgan fingerprint density at radius 3 is 2.79 bits per heavy atom. The Balaban J connectivity index is 1.71. The highest BCUT2D eigenvalue weighted by Crippen LogP contribution is 2.18. The third-order valence-electron chi connectivity index (χ3n) is 3.90. The molecule has 1 aromatic rings. The average molecular weight is 261 g/mol. The van der Waals surface area contributed by atoms with E-state index in [1.165, 1.54) is 50.0 Å². The molecule has 0 bridgehead atoms. The fourth-order valence-corrected chi connectivity index (χ4v) is 2.79. The highest BCUT2D eigenvalue weighted by Gasteiger charge is 2.18. The number of rotatable bonds is 6. The summed E-state index contributed by atoms with van der Waals surface area (Å²) in [6.45, 7) is 10.2. The number of hydrogen-bond donors (Lipinski definition) is 1. The van der Waals surface area contributed by atoms with Gasteiger partial charge in [-0.15, -0.1) is 0 Å². The Morgan fingerprint density at radius 2 is 2.11 bits per heavy atom. The summed E-state index contributed by atoms with van der Waals surface area (Å²) < 4.78 is 0. The lowest BCUT2D eigenvalue weighted by Crippen LogP contribution is -2.37. The topological polar surface area (TPSA) is 28.2 Å². The molecule has 0 spiro atoms. The minimum absolute atomic E-state index is 0.874. The molecule has 2 heterocycles. The molecule has 3 nitrogen and oxygen atoms in total. The van der Waals surface area contributed by atoms with Crippen LogP contribution in [-0.2, 0) is 6.54 Å². The number of nitrogens with one attached hydrogen (secondary N) is 1. The number of nitrogens with zero attached hydrogens (tertiary/aromatic N) is 2. The van der Waals surface area contributed by atoms with Crippen molar-refractivity contribution in [2.24, 2.45) is 5.92 Å². The zero-order valence-corrected chi connectivity index (χ0v) is 12.4. The quantitative estimate of drug-likeness (QED) is 0.798. The van der Waals surface area contributed by atoms with E-state index in [1.54, 1.807) is 0 Å². The first-order valence-corrected chi connectivity index (χ1v) is 7.61. The zero-order valence-electron chi connectivity index (χ0n) is 12.4. The SMILES string of the molecule is CCCNCC1CCN(Cc2cncc(C)c2)CC1. The molecule has 0 amide bonds. The van der Waals surface area contributed by atoms with Crippen LogP contribution >= 0.6 is 0 Å². The maximum absolute atomic E-state index is 4.28. The molecule has 0 saturated carbocycles. The van der Waals surface area contributed by atoms with E-state index in [-0.39, 0.29) is 0 Å². The van der Waals surface area contributed by atoms with E-state index in [2.05, 4.69) is 35.1 Å². The van der Waals surface area contributed by atoms with Crippen LogP contribution in [-0.4, -0.2) is 36.1 Å². The molecule has 0 radical (unpaired) electrons. The standard InChI is InChI=1S/C16H27N3/c1-3-6-17-11-15-4-7-19(8-5-15)13-16-9-14(2)10-18-12-16/h9-10,12,15,17H,3-8,11,13H2,1-2H3. The maximum Gasteiger partial charge on any atom is 0.0313 e. The van der Waals surface area contributed by atoms with Crippen LogP contribution in [0.3, 0.4) is 0 Å². The molecule has 0 aromatic carbocycles. The molecule has 1 N–H and O–H groups in total. The Morgan fingerprint density at radius 1 is 1.32 bits per heavy atom. The van der Waals surface area contributed by atoms with Gasteiger partial charge in [0.05, 0.1) is 0 Å². The number of aryl methyl sites for hydroxylation is 1. The number of aromatic nitrogens is 1. The second kappa shape index (κ2) is 7.61. The summed E-state index contributed by atoms with van der Waals surface area (Å²) >= 11 is 0. The van der Waals surface area contributed by atoms with Crippen LogP contribution in [0, 0.1) is 12.8 Å². The fraction of sp³-hybridized carbons (Fsp3) is 0.688. The zero-order chi connectivity index (χ0) is 13.5. The Hall–Kier alpha value is -0.930. The van der Waals surface area contributed by atoms with Gasteiger partial charge in [0, 0.05) is 18.9 Å². The minimum atomic E-state index is 0.874. The molecule has 1 fully saturated rings. The number of hydrogen-bond acceptors (Lipinski definition) is 3. The maximum atomic E-state index is 4.28. The van der Waals surface area contributed by atoms with Crippen molar-refractivity contribution < 1.29 is 0 Å². The van der Waals surface area contributed by atoms with Crippen LogP contribution in [0.1, 0.15) is 37.3 Å². The summed E-state index contributed by atoms with van der Waals surface area (Å²) in [5.41, 5.74) is 2.61. The lowest BCUT2D eigenvalue weighted by atomic mass is 9.96. The van der Waals surface area contributed by atoms with Crippen LogP contribution in [0.5, 0.6) is 0 Å². The molecule has 1 aliphatic rings. The molecular weight excluding hydrogens is 234 g/mol. The summed E-state index contributed by atoms with van der Waals surface area (Å²) in [7, 11) is 0. The van der Waals surface area contributed by atoms with Crippen molar-refractivity contribution in [3.05, 3.63) is 29.6 Å². The Kier molecular flexibility index (Phi) is 5.80. The van der Waals surface area contributed by atoms with Crippen LogP contribution in [0.2, 0.25) is 0 Å². The second-order valence-electron chi connectivity index (χ2n) is 5.79. The van der Waals surface area contributed by atoms with Crippen molar-refractivity contribution in [1.82, 2.24) is 15.2 Å². The van der Waals surface area contributed by atoms with Crippen LogP contribution < -0.4 is 5.32 Å². The molecule has 1 saturated heterocycles. The smallest absolute Gasteiger partial charge is 0.0313 e. The van der Waals surface area contributed by atoms with Crippen molar-refractivity contribution in [2.75, 3.05) is 26.2 Å². The van der Waals surface area contributed by atoms with Gasteiger partial charge in [0.2, 0.25) is 0 Å². The summed E-state index contributed by atoms with van der Waals surface area (Å²) in [6, 6.07) is 2.25. The highest BCUT2D eigenvalue weighted by molar-refractivity contribution is 5.16. The van der Waals surface area contributed by atoms with Gasteiger partial charge in [0.15, 0.2) is 0 Å². The summed E-state index contributed by atoms with van der Waals surface area (Å²) in [4.78, 5) is 6.84. The molecule has 3 heteroatoms. The van der Waals surface area contributed by atoms with Crippen molar-refractivity contribution in [3.8, 4) is 0 Å². The number of piperidine rings is 1. The highest BCUT2D eigenvalue weighted by atomic mass is 15.1. The van der Waals surface area contributed by atoms with E-state index in [1.807, 2.05) is 12.4 Å². The van der Waals surface area contributed by atoms with Gasteiger partial charge in [-0.2, -0.15) is 0 Å². The molecule has 1 aromatic heterocycles. The van der Waals surface area contributed by atoms with Gasteiger partial charge in [0.25, 0.3) is 0 Å². The van der Waals surface area contributed by atoms with Crippen molar-refractivity contribution in [1.29, 1.82) is 0 Å². The van der Waals surface area contributed by atoms with Crippen molar-refractivity contribution in [2.45, 2.75) is 39.7 Å². The van der Waals surface area contributed by atoms with Gasteiger partial charge < -0.3 is 5.32 Å². The minimum Gasteiger partial charge on any atom is -0.316 e. The van der Waals surface area contributed by atoms with E-state index in [4.69, 9.17) is 0 Å². The monoisotopic (exact) mass is 261 g/mol. The Bertz CT molecular complexity index is 370. The summed E-state index contributed by atoms with van der Waals surface area (Å²) in [5, 5.41) is 3.55. The predicted octanol–water partition coefficient (Wildman–Crippen LogP) is 2.60. The predicted molar refractivity (Wildman–Crippen MR) is 80.1 cm³/mol. The van der Waals surface area contributed by atoms with Gasteiger partial charge in [-0.25, -0.2) is 0 Å². The number of likely N-dealkylation sites (tertiary alicyclic amines) is 1. The average Bonchev–Trinajstić information content (AvgIpc) is 2.41. The van der Waals surface area contributed by atoms with Gasteiger partial charge in [0.1, 0.15) is 0 Å². The van der Waals surface area contributed by atoms with Crippen LogP contribution in [0.15, 0.2) is 18.5 Å². The first kappa shape index (κ1) is 14.5. The second-order valence-corrected chi connectivity index (χ2v) is 5.79. The van der Waals surface area contributed by atoms with Crippen molar-refractivity contribution in [3.63, 3.8) is 0 Å². The third-order valence-corrected chi connectivity index (χ3v) is 3.90. The molecule has 0 aliphatic carbocycles. The first-order valence-electron chi connectivity index (χ1n) is 7.61. The van der Waals surface area contributed by atoms with Gasteiger partial charge in [-0.3, -0.25) is 9.88 Å². The summed E-state index contributed by atoms with van der Waals surface area (Å²) in [5.74, 6) is 0.874. The molecule has 1 aliphatic heterocycles. The van der Waals surface area contributed by atoms with E-state index in [0.29, 0.717) is 0 Å². The van der Waals surface area contributed by atoms with Gasteiger partial charge in [-0.1, -0.05) is 13.0 Å². The van der Waals surface area contributed by atoms with Gasteiger partial charge in [-0.05, 0) is 69.4 Å². The lowest BCUT2D eigenvalue weighted by Gasteiger charge is -2.32. The largest absolute Gasteiger partial charge is 0.316 e. The van der Waals surface area contributed by atoms with Gasteiger partial charge >= 0.3 is 0 Å². The van der Waals surface area contributed by atoms with Crippen molar-refractivity contribution >= 4 is 0 Å². The van der Waals surface area contributed by atoms with E-state index in [0.717, 1.165) is 19.0 Å². The molecule has 0 atom stereocenters. The van der Waals surface area contributed by atoms with Crippen LogP contribution in [0.4, 0.5) is 0 Å². The molecule has 19 heavy (non-hydrogen) atoms. The molecular formula is C16H27N3. The fourth-order valence-electron chi connectivity index (χ4n) is 2.79. The molecule has 106 valence electrons. The lowest BCUT2D eigenvalue weighted by molar-refractivity contribution is 0.175. The van der Waals surface area contributed by atoms with E-state index in [9.17, 15) is 0 Å². The van der Waals surface area contributed by atoms with Crippen LogP contribution in [0.25, 0.3) is 0 Å².